The summed E-state index contributed by atoms with van der Waals surface area (Å²) < 4.78 is 5.66. The number of ether oxygens (including phenoxy) is 1. The van der Waals surface area contributed by atoms with Crippen LogP contribution in [0.4, 0.5) is 10.5 Å². The molecular weight excluding hydrogens is 418 g/mol. The summed E-state index contributed by atoms with van der Waals surface area (Å²) in [6, 6.07) is 17.8. The number of benzene rings is 2. The second-order valence-corrected chi connectivity index (χ2v) is 8.82. The summed E-state index contributed by atoms with van der Waals surface area (Å²) in [7, 11) is 0. The van der Waals surface area contributed by atoms with E-state index in [4.69, 9.17) is 15.3 Å². The highest BCUT2D eigenvalue weighted by Gasteiger charge is 2.36. The average molecular weight is 446 g/mol. The van der Waals surface area contributed by atoms with Crippen molar-refractivity contribution in [3.63, 3.8) is 0 Å². The van der Waals surface area contributed by atoms with Crippen LogP contribution in [-0.2, 0) is 0 Å². The van der Waals surface area contributed by atoms with Gasteiger partial charge >= 0.3 is 6.03 Å². The molecule has 0 saturated carbocycles. The highest BCUT2D eigenvalue weighted by molar-refractivity contribution is 5.89. The SMILES string of the molecule is N#Cc1ccc(OCC(O)CN2CC3CC(C2)CN(C(=O)Nc2cccc(C#N)c2)C3)cc1. The van der Waals surface area contributed by atoms with Crippen LogP contribution in [0.5, 0.6) is 5.75 Å². The number of hydrogen-bond donors (Lipinski definition) is 2. The first-order valence-electron chi connectivity index (χ1n) is 11.1. The van der Waals surface area contributed by atoms with Crippen molar-refractivity contribution in [2.24, 2.45) is 11.8 Å². The van der Waals surface area contributed by atoms with Gasteiger partial charge in [-0.1, -0.05) is 6.07 Å². The number of carbonyl (C=O) groups is 1. The molecule has 2 N–H and O–H groups in total. The third kappa shape index (κ3) is 6.01. The lowest BCUT2D eigenvalue weighted by Gasteiger charge is -2.46. The molecule has 33 heavy (non-hydrogen) atoms. The van der Waals surface area contributed by atoms with Crippen LogP contribution in [-0.4, -0.2) is 66.4 Å². The van der Waals surface area contributed by atoms with Crippen LogP contribution in [0.25, 0.3) is 0 Å². The van der Waals surface area contributed by atoms with Gasteiger partial charge < -0.3 is 20.1 Å². The van der Waals surface area contributed by atoms with E-state index in [-0.39, 0.29) is 12.6 Å². The number of hydrogen-bond acceptors (Lipinski definition) is 6. The first kappa shape index (κ1) is 22.6. The number of nitriles is 2. The number of likely N-dealkylation sites (tertiary alicyclic amines) is 2. The molecule has 2 heterocycles. The van der Waals surface area contributed by atoms with Crippen LogP contribution >= 0.6 is 0 Å². The number of carbonyl (C=O) groups excluding carboxylic acids is 1. The van der Waals surface area contributed by atoms with Crippen molar-refractivity contribution in [2.75, 3.05) is 44.6 Å². The number of amides is 2. The van der Waals surface area contributed by atoms with Crippen LogP contribution in [0.15, 0.2) is 48.5 Å². The predicted octanol–water partition coefficient (Wildman–Crippen LogP) is 2.66. The topological polar surface area (TPSA) is 113 Å². The monoisotopic (exact) mass is 445 g/mol. The Morgan fingerprint density at radius 3 is 2.42 bits per heavy atom. The molecule has 2 saturated heterocycles. The number of nitrogens with zero attached hydrogens (tertiary/aromatic N) is 4. The molecule has 8 nitrogen and oxygen atoms in total. The molecular formula is C25H27N5O3. The van der Waals surface area contributed by atoms with Crippen molar-refractivity contribution in [2.45, 2.75) is 12.5 Å². The Morgan fingerprint density at radius 1 is 1.06 bits per heavy atom. The molecule has 0 aliphatic carbocycles. The van der Waals surface area contributed by atoms with Crippen molar-refractivity contribution in [1.82, 2.24) is 9.80 Å². The van der Waals surface area contributed by atoms with E-state index in [1.54, 1.807) is 48.5 Å². The number of urea groups is 1. The summed E-state index contributed by atoms with van der Waals surface area (Å²) >= 11 is 0. The molecule has 2 amide bonds. The van der Waals surface area contributed by atoms with Gasteiger partial charge in [-0.25, -0.2) is 4.79 Å². The molecule has 2 aliphatic rings. The molecule has 2 fully saturated rings. The van der Waals surface area contributed by atoms with Gasteiger partial charge in [0.05, 0.1) is 23.3 Å². The quantitative estimate of drug-likeness (QED) is 0.707. The molecule has 3 unspecified atom stereocenters. The fraction of sp³-hybridized carbons (Fsp3) is 0.400. The highest BCUT2D eigenvalue weighted by Crippen LogP contribution is 2.29. The Kier molecular flexibility index (Phi) is 7.09. The van der Waals surface area contributed by atoms with E-state index in [0.29, 0.717) is 54.0 Å². The van der Waals surface area contributed by atoms with Crippen LogP contribution in [0, 0.1) is 34.5 Å². The zero-order valence-electron chi connectivity index (χ0n) is 18.4. The van der Waals surface area contributed by atoms with Crippen molar-refractivity contribution in [1.29, 1.82) is 10.5 Å². The van der Waals surface area contributed by atoms with Gasteiger partial charge in [-0.2, -0.15) is 10.5 Å². The molecule has 0 spiro atoms. The number of aliphatic hydroxyl groups is 1. The van der Waals surface area contributed by atoms with Crippen molar-refractivity contribution < 1.29 is 14.6 Å². The van der Waals surface area contributed by atoms with Gasteiger partial charge in [0.15, 0.2) is 0 Å². The second-order valence-electron chi connectivity index (χ2n) is 8.82. The standard InChI is InChI=1S/C25H27N5O3/c26-10-18-4-6-24(7-5-18)33-17-23(31)16-29-12-20-8-21(13-29)15-30(14-20)25(32)28-22-3-1-2-19(9-22)11-27/h1-7,9,20-21,23,31H,8,12-17H2,(H,28,32). The van der Waals surface area contributed by atoms with E-state index in [2.05, 4.69) is 22.4 Å². The number of fused-ring (bicyclic) bond motifs is 2. The maximum Gasteiger partial charge on any atom is 0.321 e. The molecule has 2 bridgehead atoms. The van der Waals surface area contributed by atoms with Crippen LogP contribution in [0.2, 0.25) is 0 Å². The van der Waals surface area contributed by atoms with E-state index in [1.807, 2.05) is 4.90 Å². The summed E-state index contributed by atoms with van der Waals surface area (Å²) in [4.78, 5) is 16.9. The van der Waals surface area contributed by atoms with E-state index in [9.17, 15) is 9.90 Å². The Morgan fingerprint density at radius 2 is 1.76 bits per heavy atom. The molecule has 4 rings (SSSR count). The minimum absolute atomic E-state index is 0.135. The average Bonchev–Trinajstić information content (AvgIpc) is 2.82. The Balaban J connectivity index is 1.24. The normalized spacial score (nSPS) is 20.9. The summed E-state index contributed by atoms with van der Waals surface area (Å²) in [5.41, 5.74) is 1.71. The molecule has 2 aliphatic heterocycles. The molecule has 8 heteroatoms. The van der Waals surface area contributed by atoms with Gasteiger partial charge in [-0.15, -0.1) is 0 Å². The lowest BCUT2D eigenvalue weighted by Crippen LogP contribution is -2.56. The second kappa shape index (κ2) is 10.4. The van der Waals surface area contributed by atoms with E-state index in [1.165, 1.54) is 0 Å². The van der Waals surface area contributed by atoms with Gasteiger partial charge in [-0.3, -0.25) is 4.90 Å². The minimum Gasteiger partial charge on any atom is -0.491 e. The number of nitrogens with one attached hydrogen (secondary N) is 1. The number of anilines is 1. The fourth-order valence-corrected chi connectivity index (χ4v) is 4.74. The molecule has 170 valence electrons. The molecule has 0 radical (unpaired) electrons. The van der Waals surface area contributed by atoms with Gasteiger partial charge in [0.2, 0.25) is 0 Å². The third-order valence-electron chi connectivity index (χ3n) is 6.08. The van der Waals surface area contributed by atoms with Crippen LogP contribution in [0.3, 0.4) is 0 Å². The Hall–Kier alpha value is -3.59. The molecule has 2 aromatic rings. The summed E-state index contributed by atoms with van der Waals surface area (Å²) in [5, 5.41) is 31.3. The summed E-state index contributed by atoms with van der Waals surface area (Å²) in [5.74, 6) is 1.35. The van der Waals surface area contributed by atoms with E-state index < -0.39 is 6.10 Å². The summed E-state index contributed by atoms with van der Waals surface area (Å²) in [6.07, 6.45) is 0.466. The largest absolute Gasteiger partial charge is 0.491 e. The first-order chi connectivity index (χ1) is 16.0. The van der Waals surface area contributed by atoms with Crippen molar-refractivity contribution >= 4 is 11.7 Å². The number of β-amino-alcohol motifs (C(OH)–C–C–N with tert-alkyl or cyclic N) is 1. The summed E-state index contributed by atoms with van der Waals surface area (Å²) in [6.45, 7) is 3.73. The van der Waals surface area contributed by atoms with E-state index >= 15 is 0 Å². The van der Waals surface area contributed by atoms with Gasteiger partial charge in [-0.05, 0) is 60.7 Å². The van der Waals surface area contributed by atoms with Gasteiger partial charge in [0.25, 0.3) is 0 Å². The molecule has 2 aromatic carbocycles. The van der Waals surface area contributed by atoms with Gasteiger partial charge in [0.1, 0.15) is 18.5 Å². The van der Waals surface area contributed by atoms with Crippen LogP contribution < -0.4 is 10.1 Å². The lowest BCUT2D eigenvalue weighted by molar-refractivity contribution is 0.0105. The maximum atomic E-state index is 12.8. The number of rotatable bonds is 6. The highest BCUT2D eigenvalue weighted by atomic mass is 16.5. The van der Waals surface area contributed by atoms with E-state index in [0.717, 1.165) is 19.5 Å². The zero-order chi connectivity index (χ0) is 23.2. The molecule has 3 atom stereocenters. The lowest BCUT2D eigenvalue weighted by atomic mass is 9.84. The third-order valence-corrected chi connectivity index (χ3v) is 6.08. The molecule has 0 aromatic heterocycles. The van der Waals surface area contributed by atoms with Crippen LogP contribution in [0.1, 0.15) is 17.5 Å². The maximum absolute atomic E-state index is 12.8. The smallest absolute Gasteiger partial charge is 0.321 e. The Labute approximate surface area is 193 Å². The fourth-order valence-electron chi connectivity index (χ4n) is 4.74. The van der Waals surface area contributed by atoms with Crippen molar-refractivity contribution in [3.05, 3.63) is 59.7 Å². The number of aliphatic hydroxyl groups excluding tert-OH is 1. The first-order valence-corrected chi connectivity index (χ1v) is 11.1. The minimum atomic E-state index is -0.619. The Bertz CT molecular complexity index is 1040. The van der Waals surface area contributed by atoms with Crippen molar-refractivity contribution in [3.8, 4) is 17.9 Å². The predicted molar refractivity (Wildman–Crippen MR) is 122 cm³/mol. The number of piperidine rings is 2. The van der Waals surface area contributed by atoms with Gasteiger partial charge in [0, 0.05) is 38.4 Å². The zero-order valence-corrected chi connectivity index (χ0v) is 18.4.